The fourth-order valence-electron chi connectivity index (χ4n) is 7.02. The van der Waals surface area contributed by atoms with Gasteiger partial charge in [-0.05, 0) is 65.8 Å². The van der Waals surface area contributed by atoms with Crippen LogP contribution in [0.5, 0.6) is 5.75 Å². The summed E-state index contributed by atoms with van der Waals surface area (Å²) in [6.07, 6.45) is -1.41. The summed E-state index contributed by atoms with van der Waals surface area (Å²) >= 11 is 0. The molecule has 0 unspecified atom stereocenters. The Morgan fingerprint density at radius 2 is 1.88 bits per heavy atom. The van der Waals surface area contributed by atoms with Gasteiger partial charge in [-0.1, -0.05) is 12.1 Å². The summed E-state index contributed by atoms with van der Waals surface area (Å²) < 4.78 is 27.7. The first-order valence-corrected chi connectivity index (χ1v) is 14.5. The van der Waals surface area contributed by atoms with Gasteiger partial charge in [0.2, 0.25) is 6.10 Å². The Morgan fingerprint density at radius 3 is 2.53 bits per heavy atom. The van der Waals surface area contributed by atoms with Crippen molar-refractivity contribution in [3.63, 3.8) is 0 Å². The molecule has 1 spiro atoms. The first-order valence-electron chi connectivity index (χ1n) is 14.5. The Balaban J connectivity index is 1.34. The third-order valence-corrected chi connectivity index (χ3v) is 8.81. The first-order chi connectivity index (χ1) is 20.1. The third kappa shape index (κ3) is 5.19. The van der Waals surface area contributed by atoms with Crippen molar-refractivity contribution in [3.8, 4) is 5.75 Å². The molecule has 5 rings (SSSR count). The average Bonchev–Trinajstić information content (AvgIpc) is 3.26. The number of aliphatic hydroxyl groups excluding tert-OH is 1. The monoisotopic (exact) mass is 601 g/mol. The van der Waals surface area contributed by atoms with Crippen LogP contribution >= 0.6 is 0 Å². The van der Waals surface area contributed by atoms with Gasteiger partial charge in [-0.3, -0.25) is 9.59 Å². The highest BCUT2D eigenvalue weighted by molar-refractivity contribution is 5.86. The SMILES string of the molecule is CC(=O)O[C@@H](CC(=O)O[C@@H](C)C(=O)OC1=CC[C@@]2(O)[C@H]3Cc4ccc(CO)c5c4[C@@]2(CCN3C)[C@H]1O5)C(=O)OC(C)(C)C. The fourth-order valence-corrected chi connectivity index (χ4v) is 7.02. The van der Waals surface area contributed by atoms with Crippen LogP contribution in [0, 0.1) is 0 Å². The molecule has 0 amide bonds. The summed E-state index contributed by atoms with van der Waals surface area (Å²) in [6.45, 7) is 7.74. The Morgan fingerprint density at radius 1 is 1.16 bits per heavy atom. The Kier molecular flexibility index (Phi) is 7.85. The van der Waals surface area contributed by atoms with Crippen LogP contribution in [0.4, 0.5) is 0 Å². The number of carbonyl (C=O) groups is 4. The normalized spacial score (nSPS) is 28.4. The summed E-state index contributed by atoms with van der Waals surface area (Å²) in [4.78, 5) is 52.0. The number of likely N-dealkylation sites (N-methyl/N-ethyl adjacent to an activating group) is 1. The molecule has 1 saturated heterocycles. The number of rotatable bonds is 8. The second kappa shape index (κ2) is 10.9. The third-order valence-electron chi connectivity index (χ3n) is 8.81. The highest BCUT2D eigenvalue weighted by Crippen LogP contribution is 2.64. The number of piperidine rings is 1. The lowest BCUT2D eigenvalue weighted by atomic mass is 9.50. The molecule has 2 heterocycles. The molecule has 0 aromatic heterocycles. The molecule has 12 nitrogen and oxygen atoms in total. The number of hydrogen-bond acceptors (Lipinski definition) is 12. The van der Waals surface area contributed by atoms with Crippen molar-refractivity contribution in [3.05, 3.63) is 40.7 Å². The zero-order valence-corrected chi connectivity index (χ0v) is 25.3. The molecule has 2 aliphatic heterocycles. The van der Waals surface area contributed by atoms with Crippen molar-refractivity contribution in [2.24, 2.45) is 0 Å². The number of benzene rings is 1. The van der Waals surface area contributed by atoms with Gasteiger partial charge in [0.25, 0.3) is 0 Å². The van der Waals surface area contributed by atoms with Gasteiger partial charge in [-0.2, -0.15) is 0 Å². The maximum Gasteiger partial charge on any atom is 0.352 e. The van der Waals surface area contributed by atoms with Crippen molar-refractivity contribution in [2.75, 3.05) is 13.6 Å². The van der Waals surface area contributed by atoms with Crippen LogP contribution in [-0.4, -0.2) is 88.1 Å². The molecule has 43 heavy (non-hydrogen) atoms. The maximum absolute atomic E-state index is 13.2. The smallest absolute Gasteiger partial charge is 0.352 e. The molecule has 2 aliphatic carbocycles. The number of nitrogens with zero attached hydrogens (tertiary/aromatic N) is 1. The topological polar surface area (TPSA) is 158 Å². The lowest BCUT2D eigenvalue weighted by Gasteiger charge is -2.61. The van der Waals surface area contributed by atoms with Gasteiger partial charge in [0, 0.05) is 30.5 Å². The van der Waals surface area contributed by atoms with Crippen molar-refractivity contribution >= 4 is 23.9 Å². The summed E-state index contributed by atoms with van der Waals surface area (Å²) in [5, 5.41) is 22.3. The summed E-state index contributed by atoms with van der Waals surface area (Å²) in [5.74, 6) is -2.86. The quantitative estimate of drug-likeness (QED) is 0.328. The van der Waals surface area contributed by atoms with E-state index in [9.17, 15) is 29.4 Å². The molecule has 2 bridgehead atoms. The molecule has 1 fully saturated rings. The van der Waals surface area contributed by atoms with Gasteiger partial charge in [0.15, 0.2) is 12.2 Å². The molecule has 0 saturated carbocycles. The van der Waals surface area contributed by atoms with E-state index in [1.54, 1.807) is 26.8 Å². The van der Waals surface area contributed by atoms with E-state index >= 15 is 0 Å². The Labute approximate surface area is 249 Å². The largest absolute Gasteiger partial charge is 0.481 e. The summed E-state index contributed by atoms with van der Waals surface area (Å²) in [7, 11) is 1.98. The van der Waals surface area contributed by atoms with Crippen LogP contribution in [0.15, 0.2) is 24.0 Å². The first kappa shape index (κ1) is 31.0. The van der Waals surface area contributed by atoms with E-state index in [1.807, 2.05) is 19.2 Å². The van der Waals surface area contributed by atoms with E-state index in [-0.39, 0.29) is 24.8 Å². The minimum Gasteiger partial charge on any atom is -0.481 e. The van der Waals surface area contributed by atoms with Gasteiger partial charge in [-0.15, -0.1) is 0 Å². The van der Waals surface area contributed by atoms with E-state index in [2.05, 4.69) is 4.90 Å². The molecule has 2 N–H and O–H groups in total. The van der Waals surface area contributed by atoms with Crippen molar-refractivity contribution < 1.29 is 53.1 Å². The fraction of sp³-hybridized carbons (Fsp3) is 0.613. The Bertz CT molecular complexity index is 1380. The molecule has 6 atom stereocenters. The van der Waals surface area contributed by atoms with Crippen LogP contribution in [0.2, 0.25) is 0 Å². The average molecular weight is 602 g/mol. The van der Waals surface area contributed by atoms with E-state index in [0.717, 1.165) is 18.1 Å². The predicted molar refractivity (Wildman–Crippen MR) is 149 cm³/mol. The molecule has 234 valence electrons. The van der Waals surface area contributed by atoms with Crippen LogP contribution < -0.4 is 4.74 Å². The molecule has 0 radical (unpaired) electrons. The Hall–Kier alpha value is -3.48. The van der Waals surface area contributed by atoms with Gasteiger partial charge in [0.1, 0.15) is 17.1 Å². The number of ether oxygens (including phenoxy) is 5. The molecular weight excluding hydrogens is 562 g/mol. The lowest BCUT2D eigenvalue weighted by molar-refractivity contribution is -0.181. The van der Waals surface area contributed by atoms with Gasteiger partial charge in [-0.25, -0.2) is 9.59 Å². The molecule has 4 aliphatic rings. The highest BCUT2D eigenvalue weighted by atomic mass is 16.6. The minimum absolute atomic E-state index is 0.186. The zero-order valence-electron chi connectivity index (χ0n) is 25.3. The second-order valence-corrected chi connectivity index (χ2v) is 12.8. The van der Waals surface area contributed by atoms with E-state index < -0.39 is 65.2 Å². The van der Waals surface area contributed by atoms with Gasteiger partial charge < -0.3 is 38.8 Å². The van der Waals surface area contributed by atoms with Crippen molar-refractivity contribution in [1.29, 1.82) is 0 Å². The number of hydrogen-bond donors (Lipinski definition) is 2. The van der Waals surface area contributed by atoms with Crippen LogP contribution in [0.25, 0.3) is 0 Å². The van der Waals surface area contributed by atoms with Crippen LogP contribution in [0.1, 0.15) is 70.6 Å². The lowest BCUT2D eigenvalue weighted by Crippen LogP contribution is -2.74. The predicted octanol–water partition coefficient (Wildman–Crippen LogP) is 1.60. The van der Waals surface area contributed by atoms with Gasteiger partial charge >= 0.3 is 23.9 Å². The standard InChI is InChI=1S/C31H39NO11/c1-16(39-23(35)14-21(40-17(2)34)28(37)43-29(3,4)5)27(36)41-20-9-10-31(38)22-13-18-7-8-19(15-33)25-24(18)30(31,26(20)42-25)11-12-32(22)6/h7-9,16,21-22,26,33,38H,10-15H2,1-6H3/t16-,21-,22+,26-,30-,31+/m0/s1. The van der Waals surface area contributed by atoms with Crippen molar-refractivity contribution in [2.45, 2.75) is 108 Å². The number of aliphatic hydroxyl groups is 2. The number of carbonyl (C=O) groups excluding carboxylic acids is 4. The summed E-state index contributed by atoms with van der Waals surface area (Å²) in [5.41, 5.74) is -0.509. The number of likely N-dealkylation sites (tertiary alicyclic amines) is 1. The molecular formula is C31H39NO11. The summed E-state index contributed by atoms with van der Waals surface area (Å²) in [6, 6.07) is 3.60. The maximum atomic E-state index is 13.2. The zero-order chi connectivity index (χ0) is 31.5. The van der Waals surface area contributed by atoms with E-state index in [1.165, 1.54) is 6.92 Å². The minimum atomic E-state index is -1.55. The van der Waals surface area contributed by atoms with Crippen LogP contribution in [-0.2, 0) is 56.6 Å². The number of esters is 4. The highest BCUT2D eigenvalue weighted by Gasteiger charge is 2.72. The second-order valence-electron chi connectivity index (χ2n) is 12.8. The van der Waals surface area contributed by atoms with Crippen molar-refractivity contribution in [1.82, 2.24) is 4.90 Å². The van der Waals surface area contributed by atoms with Crippen LogP contribution in [0.3, 0.4) is 0 Å². The molecule has 12 heteroatoms. The van der Waals surface area contributed by atoms with E-state index in [0.29, 0.717) is 30.7 Å². The molecule has 1 aromatic rings. The van der Waals surface area contributed by atoms with E-state index in [4.69, 9.17) is 23.7 Å². The molecule has 1 aromatic carbocycles. The van der Waals surface area contributed by atoms with Gasteiger partial charge in [0.05, 0.1) is 24.0 Å².